The number of ether oxygens (including phenoxy) is 1. The number of carbonyl (C=O) groups excluding carboxylic acids is 1. The second-order valence-electron chi connectivity index (χ2n) is 7.23. The third-order valence-corrected chi connectivity index (χ3v) is 6.21. The van der Waals surface area contributed by atoms with E-state index >= 15 is 0 Å². The summed E-state index contributed by atoms with van der Waals surface area (Å²) in [6.07, 6.45) is 3.41. The van der Waals surface area contributed by atoms with E-state index in [4.69, 9.17) is 9.15 Å². The Morgan fingerprint density at radius 1 is 1.38 bits per heavy atom. The summed E-state index contributed by atoms with van der Waals surface area (Å²) in [7, 11) is 1.71. The molecule has 4 heteroatoms. The van der Waals surface area contributed by atoms with Crippen LogP contribution in [-0.2, 0) is 11.8 Å². The lowest BCUT2D eigenvalue weighted by molar-refractivity contribution is 0.0225. The number of piperidine rings is 1. The van der Waals surface area contributed by atoms with E-state index in [1.807, 2.05) is 11.0 Å². The van der Waals surface area contributed by atoms with Crippen molar-refractivity contribution in [3.63, 3.8) is 0 Å². The Kier molecular flexibility index (Phi) is 3.44. The van der Waals surface area contributed by atoms with Gasteiger partial charge in [-0.25, -0.2) is 0 Å². The van der Waals surface area contributed by atoms with E-state index in [0.29, 0.717) is 11.7 Å². The van der Waals surface area contributed by atoms with Crippen molar-refractivity contribution in [3.8, 4) is 5.75 Å². The predicted octanol–water partition coefficient (Wildman–Crippen LogP) is 3.65. The highest BCUT2D eigenvalue weighted by Gasteiger charge is 2.50. The maximum Gasteiger partial charge on any atom is 0.289 e. The lowest BCUT2D eigenvalue weighted by atomic mass is 9.59. The molecule has 0 unspecified atom stereocenters. The zero-order chi connectivity index (χ0) is 16.9. The maximum atomic E-state index is 12.8. The van der Waals surface area contributed by atoms with Crippen LogP contribution in [0.15, 0.2) is 41.0 Å². The first-order chi connectivity index (χ1) is 11.5. The predicted molar refractivity (Wildman–Crippen MR) is 91.4 cm³/mol. The second kappa shape index (κ2) is 5.40. The third-order valence-electron chi connectivity index (χ3n) is 6.21. The molecule has 1 saturated heterocycles. The van der Waals surface area contributed by atoms with Gasteiger partial charge in [-0.2, -0.15) is 0 Å². The van der Waals surface area contributed by atoms with Crippen LogP contribution in [0, 0.1) is 5.92 Å². The molecular formula is C20H23NO3. The Morgan fingerprint density at radius 3 is 2.92 bits per heavy atom. The number of methoxy groups -OCH3 is 1. The first-order valence-corrected chi connectivity index (χ1v) is 8.56. The van der Waals surface area contributed by atoms with Crippen molar-refractivity contribution in [2.75, 3.05) is 13.7 Å². The Morgan fingerprint density at radius 2 is 2.21 bits per heavy atom. The van der Waals surface area contributed by atoms with E-state index in [1.54, 1.807) is 25.5 Å². The number of benzene rings is 1. The van der Waals surface area contributed by atoms with Gasteiger partial charge in [-0.3, -0.25) is 4.79 Å². The molecule has 4 nitrogen and oxygen atoms in total. The van der Waals surface area contributed by atoms with Gasteiger partial charge in [0.15, 0.2) is 5.76 Å². The molecule has 0 saturated carbocycles. The van der Waals surface area contributed by atoms with Crippen LogP contribution in [0.1, 0.15) is 41.9 Å². The van der Waals surface area contributed by atoms with Crippen LogP contribution < -0.4 is 4.74 Å². The fraction of sp³-hybridized carbons (Fsp3) is 0.450. The van der Waals surface area contributed by atoms with Gasteiger partial charge in [0.2, 0.25) is 0 Å². The van der Waals surface area contributed by atoms with E-state index in [1.165, 1.54) is 11.1 Å². The van der Waals surface area contributed by atoms with E-state index in [2.05, 4.69) is 26.0 Å². The summed E-state index contributed by atoms with van der Waals surface area (Å²) in [6.45, 7) is 5.37. The van der Waals surface area contributed by atoms with Crippen LogP contribution in [0.5, 0.6) is 5.75 Å². The maximum absolute atomic E-state index is 12.8. The smallest absolute Gasteiger partial charge is 0.289 e. The molecule has 1 fully saturated rings. The number of rotatable bonds is 2. The van der Waals surface area contributed by atoms with E-state index in [-0.39, 0.29) is 17.4 Å². The van der Waals surface area contributed by atoms with Crippen LogP contribution in [0.25, 0.3) is 0 Å². The van der Waals surface area contributed by atoms with Crippen molar-refractivity contribution in [2.45, 2.75) is 38.1 Å². The van der Waals surface area contributed by atoms with Gasteiger partial charge in [0, 0.05) is 12.6 Å². The molecule has 1 aliphatic carbocycles. The molecule has 2 heterocycles. The van der Waals surface area contributed by atoms with Gasteiger partial charge in [-0.05, 0) is 59.6 Å². The minimum absolute atomic E-state index is 0.0101. The Balaban J connectivity index is 1.73. The summed E-state index contributed by atoms with van der Waals surface area (Å²) in [5.41, 5.74) is 2.79. The highest BCUT2D eigenvalue weighted by atomic mass is 16.5. The SMILES string of the molecule is COc1ccc2c(c1)[C@]1(C)CCN(C(=O)c3ccco3)[C@H](C2)[C@@H]1C. The van der Waals surface area contributed by atoms with Crippen LogP contribution in [-0.4, -0.2) is 30.5 Å². The summed E-state index contributed by atoms with van der Waals surface area (Å²) in [5.74, 6) is 1.75. The zero-order valence-electron chi connectivity index (χ0n) is 14.4. The largest absolute Gasteiger partial charge is 0.497 e. The summed E-state index contributed by atoms with van der Waals surface area (Å²) >= 11 is 0. The molecule has 126 valence electrons. The van der Waals surface area contributed by atoms with Crippen LogP contribution >= 0.6 is 0 Å². The molecular weight excluding hydrogens is 302 g/mol. The second-order valence-corrected chi connectivity index (χ2v) is 7.23. The molecule has 1 aromatic heterocycles. The zero-order valence-corrected chi connectivity index (χ0v) is 14.4. The van der Waals surface area contributed by atoms with Crippen molar-refractivity contribution in [1.29, 1.82) is 0 Å². The Bertz CT molecular complexity index is 767. The quantitative estimate of drug-likeness (QED) is 0.846. The average Bonchev–Trinajstić information content (AvgIpc) is 3.12. The van der Waals surface area contributed by atoms with Crippen molar-refractivity contribution in [1.82, 2.24) is 4.90 Å². The number of likely N-dealkylation sites (tertiary alicyclic amines) is 1. The Hall–Kier alpha value is -2.23. The summed E-state index contributed by atoms with van der Waals surface area (Å²) in [6, 6.07) is 10.1. The number of amides is 1. The van der Waals surface area contributed by atoms with Gasteiger partial charge in [-0.1, -0.05) is 19.9 Å². The van der Waals surface area contributed by atoms with Gasteiger partial charge >= 0.3 is 0 Å². The summed E-state index contributed by atoms with van der Waals surface area (Å²) in [4.78, 5) is 14.8. The number of carbonyl (C=O) groups is 1. The number of nitrogens with zero attached hydrogens (tertiary/aromatic N) is 1. The molecule has 0 N–H and O–H groups in total. The minimum Gasteiger partial charge on any atom is -0.497 e. The van der Waals surface area contributed by atoms with Gasteiger partial charge < -0.3 is 14.1 Å². The van der Waals surface area contributed by atoms with E-state index in [0.717, 1.165) is 25.1 Å². The first kappa shape index (κ1) is 15.3. The van der Waals surface area contributed by atoms with E-state index < -0.39 is 0 Å². The summed E-state index contributed by atoms with van der Waals surface area (Å²) in [5, 5.41) is 0. The minimum atomic E-state index is 0.0101. The van der Waals surface area contributed by atoms with Crippen LogP contribution in [0.4, 0.5) is 0 Å². The van der Waals surface area contributed by atoms with Crippen molar-refractivity contribution < 1.29 is 13.9 Å². The fourth-order valence-corrected chi connectivity index (χ4v) is 4.52. The normalized spacial score (nSPS) is 28.4. The van der Waals surface area contributed by atoms with Crippen molar-refractivity contribution in [3.05, 3.63) is 53.5 Å². The Labute approximate surface area is 142 Å². The molecule has 1 aliphatic heterocycles. The number of hydrogen-bond acceptors (Lipinski definition) is 3. The van der Waals surface area contributed by atoms with Gasteiger partial charge in [0.25, 0.3) is 5.91 Å². The number of fused-ring (bicyclic) bond motifs is 4. The summed E-state index contributed by atoms with van der Waals surface area (Å²) < 4.78 is 10.8. The topological polar surface area (TPSA) is 42.7 Å². The molecule has 4 rings (SSSR count). The standard InChI is InChI=1S/C20H23NO3/c1-13-17-11-14-6-7-15(23-3)12-16(14)20(13,2)8-9-21(17)19(22)18-5-4-10-24-18/h4-7,10,12-13,17H,8-9,11H2,1-3H3/t13-,17+,20+/m0/s1. The van der Waals surface area contributed by atoms with Crippen molar-refractivity contribution in [2.24, 2.45) is 5.92 Å². The third kappa shape index (κ3) is 2.09. The molecule has 1 aromatic carbocycles. The highest BCUT2D eigenvalue weighted by molar-refractivity contribution is 5.92. The van der Waals surface area contributed by atoms with Gasteiger partial charge in [0.05, 0.1) is 13.4 Å². The molecule has 2 bridgehead atoms. The number of furan rings is 1. The fourth-order valence-electron chi connectivity index (χ4n) is 4.52. The van der Waals surface area contributed by atoms with Crippen LogP contribution in [0.3, 0.4) is 0 Å². The van der Waals surface area contributed by atoms with Gasteiger partial charge in [0.1, 0.15) is 5.75 Å². The molecule has 2 aliphatic rings. The molecule has 3 atom stereocenters. The molecule has 0 radical (unpaired) electrons. The molecule has 1 amide bonds. The lowest BCUT2D eigenvalue weighted by Crippen LogP contribution is -2.59. The van der Waals surface area contributed by atoms with Gasteiger partial charge in [-0.15, -0.1) is 0 Å². The average molecular weight is 325 g/mol. The number of hydrogen-bond donors (Lipinski definition) is 0. The first-order valence-electron chi connectivity index (χ1n) is 8.56. The monoisotopic (exact) mass is 325 g/mol. The molecule has 2 aromatic rings. The lowest BCUT2D eigenvalue weighted by Gasteiger charge is -2.54. The van der Waals surface area contributed by atoms with E-state index in [9.17, 15) is 4.79 Å². The molecule has 24 heavy (non-hydrogen) atoms. The highest BCUT2D eigenvalue weighted by Crippen LogP contribution is 2.49. The molecule has 0 spiro atoms. The van der Waals surface area contributed by atoms with Crippen molar-refractivity contribution >= 4 is 5.91 Å². The van der Waals surface area contributed by atoms with Crippen LogP contribution in [0.2, 0.25) is 0 Å².